The van der Waals surface area contributed by atoms with Gasteiger partial charge in [-0.15, -0.1) is 0 Å². The molecular formula is C30H37N9O. The minimum atomic E-state index is -0.0122. The molecule has 208 valence electrons. The van der Waals surface area contributed by atoms with Crippen molar-refractivity contribution in [3.63, 3.8) is 0 Å². The fourth-order valence-electron chi connectivity index (χ4n) is 4.93. The molecule has 0 unspecified atom stereocenters. The molecule has 1 amide bonds. The van der Waals surface area contributed by atoms with Crippen LogP contribution in [0, 0.1) is 5.92 Å². The summed E-state index contributed by atoms with van der Waals surface area (Å²) >= 11 is 0. The number of benzene rings is 1. The zero-order valence-corrected chi connectivity index (χ0v) is 23.8. The molecule has 10 nitrogen and oxygen atoms in total. The molecule has 10 heteroatoms. The van der Waals surface area contributed by atoms with Gasteiger partial charge < -0.3 is 20.1 Å². The number of hydrogen-bond donors (Lipinski definition) is 3. The topological polar surface area (TPSA) is 119 Å². The van der Waals surface area contributed by atoms with E-state index in [1.165, 1.54) is 0 Å². The molecule has 40 heavy (non-hydrogen) atoms. The third kappa shape index (κ3) is 5.67. The molecular weight excluding hydrogens is 502 g/mol. The van der Waals surface area contributed by atoms with Crippen LogP contribution >= 0.6 is 0 Å². The zero-order chi connectivity index (χ0) is 28.2. The molecule has 3 N–H and O–H groups in total. The summed E-state index contributed by atoms with van der Waals surface area (Å²) < 4.78 is 0. The number of carbonyl (C=O) groups is 1. The van der Waals surface area contributed by atoms with E-state index >= 15 is 0 Å². The van der Waals surface area contributed by atoms with Crippen molar-refractivity contribution >= 4 is 39.2 Å². The third-order valence-corrected chi connectivity index (χ3v) is 6.95. The van der Waals surface area contributed by atoms with Crippen molar-refractivity contribution in [3.05, 3.63) is 49.1 Å². The van der Waals surface area contributed by atoms with Crippen LogP contribution in [0.5, 0.6) is 0 Å². The average molecular weight is 540 g/mol. The Morgan fingerprint density at radius 2 is 1.75 bits per heavy atom. The number of imidazole rings is 1. The van der Waals surface area contributed by atoms with Crippen molar-refractivity contribution in [1.29, 1.82) is 0 Å². The van der Waals surface area contributed by atoms with Crippen molar-refractivity contribution in [1.82, 2.24) is 35.0 Å². The Morgan fingerprint density at radius 1 is 0.975 bits per heavy atom. The van der Waals surface area contributed by atoms with E-state index in [2.05, 4.69) is 53.4 Å². The summed E-state index contributed by atoms with van der Waals surface area (Å²) in [6, 6.07) is 8.05. The van der Waals surface area contributed by atoms with Gasteiger partial charge in [0.1, 0.15) is 11.2 Å². The number of amides is 1. The Kier molecular flexibility index (Phi) is 8.06. The fraction of sp³-hybridized carbons (Fsp3) is 0.367. The Hall–Kier alpha value is -4.31. The number of piperazine rings is 1. The van der Waals surface area contributed by atoms with Gasteiger partial charge in [-0.3, -0.25) is 19.9 Å². The molecule has 0 aliphatic carbocycles. The summed E-state index contributed by atoms with van der Waals surface area (Å²) in [5.41, 5.74) is 7.06. The number of H-pyrrole nitrogens is 2. The lowest BCUT2D eigenvalue weighted by Gasteiger charge is -2.33. The first-order chi connectivity index (χ1) is 19.4. The lowest BCUT2D eigenvalue weighted by molar-refractivity contribution is -0.116. The van der Waals surface area contributed by atoms with Crippen LogP contribution in [-0.4, -0.2) is 74.2 Å². The molecule has 5 heterocycles. The molecule has 1 aliphatic rings. The van der Waals surface area contributed by atoms with Gasteiger partial charge in [0.05, 0.1) is 41.0 Å². The second-order valence-electron chi connectivity index (χ2n) is 10.4. The number of likely N-dealkylation sites (N-methyl/N-ethyl adjacent to an activating group) is 1. The van der Waals surface area contributed by atoms with Crippen LogP contribution in [0.1, 0.15) is 34.1 Å². The molecule has 0 radical (unpaired) electrons. The number of carbonyl (C=O) groups excluding carboxylic acids is 1. The first-order valence-electron chi connectivity index (χ1n) is 14.0. The molecule has 0 saturated carbocycles. The Bertz CT molecular complexity index is 1610. The van der Waals surface area contributed by atoms with Crippen molar-refractivity contribution < 1.29 is 4.79 Å². The van der Waals surface area contributed by atoms with E-state index in [1.807, 2.05) is 58.3 Å². The molecule has 1 aromatic carbocycles. The number of nitrogens with one attached hydrogen (secondary N) is 3. The van der Waals surface area contributed by atoms with Crippen LogP contribution in [0.15, 0.2) is 49.1 Å². The number of fused-ring (bicyclic) bond motifs is 2. The molecule has 0 spiro atoms. The zero-order valence-electron chi connectivity index (χ0n) is 23.8. The van der Waals surface area contributed by atoms with E-state index in [0.29, 0.717) is 23.9 Å². The van der Waals surface area contributed by atoms with Crippen LogP contribution in [0.3, 0.4) is 0 Å². The summed E-state index contributed by atoms with van der Waals surface area (Å²) in [4.78, 5) is 34.2. The highest BCUT2D eigenvalue weighted by Gasteiger charge is 2.20. The van der Waals surface area contributed by atoms with Gasteiger partial charge in [-0.1, -0.05) is 33.8 Å². The largest absolute Gasteiger partial charge is 0.366 e. The first-order valence-corrected chi connectivity index (χ1v) is 14.0. The fourth-order valence-corrected chi connectivity index (χ4v) is 4.93. The van der Waals surface area contributed by atoms with E-state index in [-0.39, 0.29) is 5.91 Å². The maximum absolute atomic E-state index is 12.3. The summed E-state index contributed by atoms with van der Waals surface area (Å²) in [6.45, 7) is 12.0. The molecule has 4 aromatic heterocycles. The number of aromatic amines is 2. The van der Waals surface area contributed by atoms with Crippen LogP contribution in [0.2, 0.25) is 0 Å². The smallest absolute Gasteiger partial charge is 0.224 e. The lowest BCUT2D eigenvalue weighted by Crippen LogP contribution is -2.44. The number of hydrogen-bond acceptors (Lipinski definition) is 7. The van der Waals surface area contributed by atoms with Crippen molar-refractivity contribution in [2.24, 2.45) is 5.92 Å². The van der Waals surface area contributed by atoms with Crippen LogP contribution in [-0.2, 0) is 4.79 Å². The minimum absolute atomic E-state index is 0.0122. The van der Waals surface area contributed by atoms with Gasteiger partial charge >= 0.3 is 0 Å². The molecule has 0 atom stereocenters. The highest BCUT2D eigenvalue weighted by molar-refractivity contribution is 5.97. The van der Waals surface area contributed by atoms with Crippen molar-refractivity contribution in [2.75, 3.05) is 43.4 Å². The second kappa shape index (κ2) is 11.8. The van der Waals surface area contributed by atoms with Gasteiger partial charge in [0.15, 0.2) is 5.82 Å². The molecule has 6 rings (SSSR count). The Labute approximate surface area is 234 Å². The Balaban J connectivity index is 0.00000158. The van der Waals surface area contributed by atoms with E-state index in [9.17, 15) is 4.79 Å². The molecule has 1 fully saturated rings. The molecule has 5 aromatic rings. The molecule has 0 bridgehead atoms. The highest BCUT2D eigenvalue weighted by Crippen LogP contribution is 2.33. The highest BCUT2D eigenvalue weighted by atomic mass is 16.1. The predicted octanol–water partition coefficient (Wildman–Crippen LogP) is 5.33. The van der Waals surface area contributed by atoms with Gasteiger partial charge in [0, 0.05) is 49.7 Å². The van der Waals surface area contributed by atoms with Gasteiger partial charge in [-0.25, -0.2) is 4.98 Å². The third-order valence-electron chi connectivity index (χ3n) is 6.95. The quantitative estimate of drug-likeness (QED) is 0.267. The van der Waals surface area contributed by atoms with Crippen molar-refractivity contribution in [2.45, 2.75) is 34.1 Å². The van der Waals surface area contributed by atoms with Crippen LogP contribution in [0.4, 0.5) is 11.4 Å². The van der Waals surface area contributed by atoms with Crippen LogP contribution < -0.4 is 10.2 Å². The van der Waals surface area contributed by atoms with E-state index in [0.717, 1.165) is 70.6 Å². The Morgan fingerprint density at radius 3 is 2.52 bits per heavy atom. The number of aromatic nitrogens is 6. The second-order valence-corrected chi connectivity index (χ2v) is 10.4. The summed E-state index contributed by atoms with van der Waals surface area (Å²) in [5, 5.41) is 11.6. The van der Waals surface area contributed by atoms with Gasteiger partial charge in [0.2, 0.25) is 5.91 Å². The number of anilines is 2. The standard InChI is InChI=1S/C28H31N9O.C2H6/c1-17(2)10-25(38)31-20-11-19(13-29-14-20)18-4-5-22-21(12-18)26(35-34-22)28-32-23-15-30-16-24(27(23)33-28)37-8-6-36(3)7-9-37;1-2/h4-5,11-17H,6-10H2,1-3H3,(H,31,38)(H,32,33)(H,34,35);1-2H3. The number of rotatable bonds is 6. The van der Waals surface area contributed by atoms with Gasteiger partial charge in [-0.2, -0.15) is 5.10 Å². The van der Waals surface area contributed by atoms with Gasteiger partial charge in [-0.05, 0) is 36.7 Å². The normalized spacial score (nSPS) is 14.0. The van der Waals surface area contributed by atoms with E-state index in [4.69, 9.17) is 4.98 Å². The summed E-state index contributed by atoms with van der Waals surface area (Å²) in [6.07, 6.45) is 7.66. The minimum Gasteiger partial charge on any atom is -0.366 e. The van der Waals surface area contributed by atoms with E-state index < -0.39 is 0 Å². The predicted molar refractivity (Wildman–Crippen MR) is 161 cm³/mol. The van der Waals surface area contributed by atoms with Crippen LogP contribution in [0.25, 0.3) is 44.6 Å². The van der Waals surface area contributed by atoms with Crippen molar-refractivity contribution in [3.8, 4) is 22.6 Å². The first kappa shape index (κ1) is 27.3. The van der Waals surface area contributed by atoms with E-state index in [1.54, 1.807) is 12.4 Å². The number of nitrogens with zero attached hydrogens (tertiary/aromatic N) is 6. The molecule has 1 saturated heterocycles. The maximum Gasteiger partial charge on any atom is 0.224 e. The maximum atomic E-state index is 12.3. The number of pyridine rings is 2. The monoisotopic (exact) mass is 539 g/mol. The summed E-state index contributed by atoms with van der Waals surface area (Å²) in [7, 11) is 2.15. The summed E-state index contributed by atoms with van der Waals surface area (Å²) in [5.74, 6) is 0.973. The lowest BCUT2D eigenvalue weighted by atomic mass is 10.0. The SMILES string of the molecule is CC.CC(C)CC(=O)Nc1cncc(-c2ccc3[nH]nc(-c4nc5c(N6CCN(C)CC6)cncc5[nH]4)c3c2)c1. The van der Waals surface area contributed by atoms with Gasteiger partial charge in [0.25, 0.3) is 0 Å². The average Bonchev–Trinajstić information content (AvgIpc) is 3.58. The molecule has 1 aliphatic heterocycles.